The number of amides is 2. The van der Waals surface area contributed by atoms with Gasteiger partial charge in [0, 0.05) is 31.6 Å². The maximum atomic E-state index is 12.7. The van der Waals surface area contributed by atoms with Gasteiger partial charge in [0.05, 0.1) is 12.8 Å². The van der Waals surface area contributed by atoms with Crippen LogP contribution in [0.1, 0.15) is 50.4 Å². The van der Waals surface area contributed by atoms with E-state index in [1.165, 1.54) is 0 Å². The Labute approximate surface area is 184 Å². The number of nitrogens with zero attached hydrogens (tertiary/aromatic N) is 4. The van der Waals surface area contributed by atoms with Crippen LogP contribution < -0.4 is 10.1 Å². The van der Waals surface area contributed by atoms with Crippen LogP contribution >= 0.6 is 11.5 Å². The van der Waals surface area contributed by atoms with Crippen molar-refractivity contribution in [3.63, 3.8) is 0 Å². The first-order chi connectivity index (χ1) is 15.0. The molecule has 2 aromatic heterocycles. The second kappa shape index (κ2) is 8.84. The van der Waals surface area contributed by atoms with Crippen LogP contribution in [-0.4, -0.2) is 63.5 Å². The minimum atomic E-state index is -0.217. The van der Waals surface area contributed by atoms with E-state index in [0.717, 1.165) is 41.5 Å². The molecule has 3 heterocycles. The molecule has 162 valence electrons. The molecule has 2 N–H and O–H groups in total. The fourth-order valence-electron chi connectivity index (χ4n) is 3.76. The molecule has 31 heavy (non-hydrogen) atoms. The summed E-state index contributed by atoms with van der Waals surface area (Å²) in [6, 6.07) is 7.46. The molecule has 3 aromatic rings. The van der Waals surface area contributed by atoms with E-state index in [-0.39, 0.29) is 17.7 Å². The van der Waals surface area contributed by atoms with Gasteiger partial charge in [-0.05, 0) is 55.6 Å². The van der Waals surface area contributed by atoms with Crippen molar-refractivity contribution in [1.82, 2.24) is 29.8 Å². The molecule has 1 saturated heterocycles. The number of rotatable bonds is 5. The molecule has 0 aliphatic carbocycles. The summed E-state index contributed by atoms with van der Waals surface area (Å²) >= 11 is 1.14. The van der Waals surface area contributed by atoms with Crippen LogP contribution in [0.15, 0.2) is 24.3 Å². The van der Waals surface area contributed by atoms with Gasteiger partial charge in [0.15, 0.2) is 0 Å². The van der Waals surface area contributed by atoms with Gasteiger partial charge in [0.25, 0.3) is 11.8 Å². The largest absolute Gasteiger partial charge is 0.497 e. The molecule has 1 aliphatic heterocycles. The summed E-state index contributed by atoms with van der Waals surface area (Å²) in [6.45, 7) is 3.04. The Morgan fingerprint density at radius 1 is 1.23 bits per heavy atom. The quantitative estimate of drug-likeness (QED) is 0.631. The first kappa shape index (κ1) is 21.0. The van der Waals surface area contributed by atoms with Gasteiger partial charge in [-0.15, -0.1) is 5.10 Å². The van der Waals surface area contributed by atoms with Crippen LogP contribution in [0.5, 0.6) is 5.75 Å². The van der Waals surface area contributed by atoms with Crippen LogP contribution in [0.4, 0.5) is 0 Å². The number of likely N-dealkylation sites (tertiary alicyclic amines) is 1. The average molecular weight is 441 g/mol. The second-order valence-corrected chi connectivity index (χ2v) is 8.16. The minimum absolute atomic E-state index is 0.0182. The van der Waals surface area contributed by atoms with Crippen LogP contribution in [0.25, 0.3) is 11.3 Å². The number of hydrogen-bond donors (Lipinski definition) is 2. The van der Waals surface area contributed by atoms with Crippen molar-refractivity contribution in [3.05, 3.63) is 46.4 Å². The molecule has 0 atom stereocenters. The number of piperidine rings is 1. The zero-order valence-electron chi connectivity index (χ0n) is 17.6. The van der Waals surface area contributed by atoms with Crippen molar-refractivity contribution < 1.29 is 14.3 Å². The molecule has 0 spiro atoms. The molecule has 2 amide bonds. The lowest BCUT2D eigenvalue weighted by Crippen LogP contribution is -2.38. The van der Waals surface area contributed by atoms with E-state index in [4.69, 9.17) is 9.72 Å². The highest BCUT2D eigenvalue weighted by atomic mass is 32.1. The van der Waals surface area contributed by atoms with Gasteiger partial charge in [-0.25, -0.2) is 4.98 Å². The van der Waals surface area contributed by atoms with E-state index in [1.54, 1.807) is 21.1 Å². The number of ether oxygens (including phenoxy) is 1. The van der Waals surface area contributed by atoms with Crippen molar-refractivity contribution in [1.29, 1.82) is 0 Å². The van der Waals surface area contributed by atoms with E-state index in [1.807, 2.05) is 29.2 Å². The molecule has 0 saturated carbocycles. The van der Waals surface area contributed by atoms with Crippen LogP contribution in [0.3, 0.4) is 0 Å². The Hall–Kier alpha value is -3.27. The molecule has 10 heteroatoms. The molecule has 4 rings (SSSR count). The van der Waals surface area contributed by atoms with Crippen molar-refractivity contribution >= 4 is 23.3 Å². The summed E-state index contributed by atoms with van der Waals surface area (Å²) in [7, 11) is 3.21. The van der Waals surface area contributed by atoms with Crippen molar-refractivity contribution in [2.45, 2.75) is 25.7 Å². The maximum absolute atomic E-state index is 12.7. The summed E-state index contributed by atoms with van der Waals surface area (Å²) in [5.74, 6) is 1.41. The average Bonchev–Trinajstić information content (AvgIpc) is 3.45. The highest BCUT2D eigenvalue weighted by Crippen LogP contribution is 2.31. The Morgan fingerprint density at radius 3 is 2.52 bits per heavy atom. The van der Waals surface area contributed by atoms with Gasteiger partial charge in [-0.3, -0.25) is 9.59 Å². The number of carbonyl (C=O) groups is 2. The van der Waals surface area contributed by atoms with Gasteiger partial charge < -0.3 is 19.9 Å². The number of aryl methyl sites for hydroxylation is 1. The molecule has 0 bridgehead atoms. The third-order valence-corrected chi connectivity index (χ3v) is 6.37. The van der Waals surface area contributed by atoms with Crippen molar-refractivity contribution in [2.24, 2.45) is 0 Å². The normalized spacial score (nSPS) is 14.5. The molecular formula is C21H24N6O3S. The second-order valence-electron chi connectivity index (χ2n) is 7.41. The summed E-state index contributed by atoms with van der Waals surface area (Å²) < 4.78 is 9.08. The van der Waals surface area contributed by atoms with Crippen molar-refractivity contribution in [3.8, 4) is 17.0 Å². The van der Waals surface area contributed by atoms with E-state index < -0.39 is 0 Å². The lowest BCUT2D eigenvalue weighted by molar-refractivity contribution is 0.0715. The SMILES string of the molecule is CNC(=O)c1[nH]c(C2CCN(C(=O)c3snnc3C)CC2)nc1-c1ccc(OC)cc1. The maximum Gasteiger partial charge on any atom is 0.269 e. The molecule has 0 unspecified atom stereocenters. The first-order valence-electron chi connectivity index (χ1n) is 10.1. The monoisotopic (exact) mass is 440 g/mol. The molecule has 1 fully saturated rings. The molecule has 1 aliphatic rings. The Bertz CT molecular complexity index is 1080. The molecule has 1 aromatic carbocycles. The highest BCUT2D eigenvalue weighted by molar-refractivity contribution is 7.07. The summed E-state index contributed by atoms with van der Waals surface area (Å²) in [6.07, 6.45) is 1.53. The first-order valence-corrected chi connectivity index (χ1v) is 10.8. The number of carbonyl (C=O) groups excluding carboxylic acids is 2. The van der Waals surface area contributed by atoms with Crippen molar-refractivity contribution in [2.75, 3.05) is 27.2 Å². The third kappa shape index (κ3) is 4.15. The number of aromatic amines is 1. The number of imidazole rings is 1. The fourth-order valence-corrected chi connectivity index (χ4v) is 4.38. The lowest BCUT2D eigenvalue weighted by Gasteiger charge is -2.30. The number of aromatic nitrogens is 4. The Kier molecular flexibility index (Phi) is 5.99. The minimum Gasteiger partial charge on any atom is -0.497 e. The third-order valence-electron chi connectivity index (χ3n) is 5.55. The number of hydrogen-bond acceptors (Lipinski definition) is 7. The van der Waals surface area contributed by atoms with E-state index in [2.05, 4.69) is 19.9 Å². The molecule has 9 nitrogen and oxygen atoms in total. The summed E-state index contributed by atoms with van der Waals surface area (Å²) in [5, 5.41) is 6.61. The highest BCUT2D eigenvalue weighted by Gasteiger charge is 2.29. The van der Waals surface area contributed by atoms with Crippen LogP contribution in [0, 0.1) is 6.92 Å². The fraction of sp³-hybridized carbons (Fsp3) is 0.381. The zero-order chi connectivity index (χ0) is 22.0. The topological polar surface area (TPSA) is 113 Å². The van der Waals surface area contributed by atoms with Gasteiger partial charge in [0.2, 0.25) is 0 Å². The predicted octanol–water partition coefficient (Wildman–Crippen LogP) is 2.62. The smallest absolute Gasteiger partial charge is 0.269 e. The van der Waals surface area contributed by atoms with Gasteiger partial charge in [-0.2, -0.15) is 0 Å². The number of benzene rings is 1. The van der Waals surface area contributed by atoms with Crippen LogP contribution in [0.2, 0.25) is 0 Å². The lowest BCUT2D eigenvalue weighted by atomic mass is 9.96. The van der Waals surface area contributed by atoms with Gasteiger partial charge in [0.1, 0.15) is 27.8 Å². The summed E-state index contributed by atoms with van der Waals surface area (Å²) in [4.78, 5) is 35.6. The number of methoxy groups -OCH3 is 1. The number of H-pyrrole nitrogens is 1. The Balaban J connectivity index is 1.53. The van der Waals surface area contributed by atoms with Crippen LogP contribution in [-0.2, 0) is 0 Å². The Morgan fingerprint density at radius 2 is 1.94 bits per heavy atom. The van der Waals surface area contributed by atoms with Gasteiger partial charge >= 0.3 is 0 Å². The molecule has 0 radical (unpaired) electrons. The predicted molar refractivity (Wildman–Crippen MR) is 116 cm³/mol. The zero-order valence-corrected chi connectivity index (χ0v) is 18.5. The molecular weight excluding hydrogens is 416 g/mol. The standard InChI is InChI=1S/C21H24N6O3S/c1-12-18(31-26-25-12)21(29)27-10-8-14(9-11-27)19-23-16(17(24-19)20(28)22-2)13-4-6-15(30-3)7-5-13/h4-7,14H,8-11H2,1-3H3,(H,22,28)(H,23,24). The van der Waals surface area contributed by atoms with E-state index in [0.29, 0.717) is 35.0 Å². The van der Waals surface area contributed by atoms with E-state index in [9.17, 15) is 9.59 Å². The van der Waals surface area contributed by atoms with E-state index >= 15 is 0 Å². The number of nitrogens with one attached hydrogen (secondary N) is 2. The van der Waals surface area contributed by atoms with Gasteiger partial charge in [-0.1, -0.05) is 4.49 Å². The summed E-state index contributed by atoms with van der Waals surface area (Å²) in [5.41, 5.74) is 2.56.